The highest BCUT2D eigenvalue weighted by Gasteiger charge is 2.18. The van der Waals surface area contributed by atoms with Crippen molar-refractivity contribution in [1.29, 1.82) is 0 Å². The molecule has 0 spiro atoms. The monoisotopic (exact) mass is 532 g/mol. The van der Waals surface area contributed by atoms with Gasteiger partial charge in [0.2, 0.25) is 0 Å². The zero-order valence-corrected chi connectivity index (χ0v) is 20.6. The number of hydrogen-bond acceptors (Lipinski definition) is 8. The summed E-state index contributed by atoms with van der Waals surface area (Å²) < 4.78 is 35.1. The van der Waals surface area contributed by atoms with E-state index in [1.54, 1.807) is 13.0 Å². The molecular formula is C27H22F2N6O4. The summed E-state index contributed by atoms with van der Waals surface area (Å²) in [6.07, 6.45) is 2.53. The molecule has 3 aromatic heterocycles. The number of aliphatic hydroxyl groups is 1. The number of hydrogen-bond donors (Lipinski definition) is 3. The number of anilines is 1. The first-order valence-corrected chi connectivity index (χ1v) is 11.9. The quantitative estimate of drug-likeness (QED) is 0.244. The Hall–Kier alpha value is -4.97. The number of H-pyrrole nitrogens is 1. The molecule has 0 amide bonds. The molecule has 5 rings (SSSR count). The van der Waals surface area contributed by atoms with E-state index in [4.69, 9.17) is 4.74 Å². The molecule has 0 unspecified atom stereocenters. The third-order valence-corrected chi connectivity index (χ3v) is 5.88. The van der Waals surface area contributed by atoms with E-state index in [1.165, 1.54) is 54.9 Å². The molecule has 0 fully saturated rings. The van der Waals surface area contributed by atoms with Crippen molar-refractivity contribution in [3.05, 3.63) is 100 Å². The number of ether oxygens (including phenoxy) is 1. The third kappa shape index (κ3) is 5.36. The SMILES string of the molecule is C[C@H](CO)Nc1n[nH]c2nccc(Oc3ccc(CC(=O)c4ccnn(-c5ccc(F)cc5)c4=O)cc3F)c12. The summed E-state index contributed by atoms with van der Waals surface area (Å²) in [7, 11) is 0. The van der Waals surface area contributed by atoms with Crippen molar-refractivity contribution >= 4 is 22.6 Å². The molecule has 0 radical (unpaired) electrons. The Bertz CT molecular complexity index is 1720. The van der Waals surface area contributed by atoms with Crippen LogP contribution in [0.1, 0.15) is 22.8 Å². The number of carbonyl (C=O) groups is 1. The Balaban J connectivity index is 1.36. The molecule has 0 saturated carbocycles. The van der Waals surface area contributed by atoms with Gasteiger partial charge in [0.15, 0.2) is 28.8 Å². The van der Waals surface area contributed by atoms with Crippen LogP contribution in [0.5, 0.6) is 11.5 Å². The average Bonchev–Trinajstić information content (AvgIpc) is 3.34. The summed E-state index contributed by atoms with van der Waals surface area (Å²) in [6.45, 7) is 1.64. The zero-order valence-electron chi connectivity index (χ0n) is 20.6. The standard InChI is InChI=1S/C27H22F2N6O4/c1-15(14-36)32-26-24-23(9-10-30-25(24)33-34-26)39-22-7-2-16(12-20(22)29)13-21(37)19-8-11-31-35(27(19)38)18-5-3-17(28)4-6-18/h2-12,15,36H,13-14H2,1H3,(H2,30,32,33,34)/t15-/m1/s1. The Labute approximate surface area is 219 Å². The van der Waals surface area contributed by atoms with Gasteiger partial charge in [-0.15, -0.1) is 0 Å². The number of pyridine rings is 1. The molecule has 39 heavy (non-hydrogen) atoms. The molecule has 0 bridgehead atoms. The maximum atomic E-state index is 15.0. The number of nitrogens with zero attached hydrogens (tertiary/aromatic N) is 4. The Morgan fingerprint density at radius 2 is 1.90 bits per heavy atom. The number of aromatic nitrogens is 5. The van der Waals surface area contributed by atoms with E-state index in [0.29, 0.717) is 28.1 Å². The molecule has 0 saturated heterocycles. The molecule has 1 atom stereocenters. The molecule has 10 nitrogen and oxygen atoms in total. The van der Waals surface area contributed by atoms with E-state index in [-0.39, 0.29) is 36.1 Å². The van der Waals surface area contributed by atoms with Crippen molar-refractivity contribution in [3.8, 4) is 17.2 Å². The van der Waals surface area contributed by atoms with Gasteiger partial charge >= 0.3 is 0 Å². The second-order valence-corrected chi connectivity index (χ2v) is 8.74. The number of ketones is 1. The van der Waals surface area contributed by atoms with Crippen LogP contribution in [0.3, 0.4) is 0 Å². The molecule has 0 aliphatic carbocycles. The summed E-state index contributed by atoms with van der Waals surface area (Å²) in [5.41, 5.74) is 0.237. The van der Waals surface area contributed by atoms with Crippen LogP contribution in [0.25, 0.3) is 16.7 Å². The minimum Gasteiger partial charge on any atom is -0.453 e. The Morgan fingerprint density at radius 3 is 2.64 bits per heavy atom. The molecule has 198 valence electrons. The fourth-order valence-electron chi connectivity index (χ4n) is 3.92. The number of nitrogens with one attached hydrogen (secondary N) is 2. The summed E-state index contributed by atoms with van der Waals surface area (Å²) in [6, 6.07) is 11.7. The predicted molar refractivity (Wildman–Crippen MR) is 138 cm³/mol. The average molecular weight is 533 g/mol. The third-order valence-electron chi connectivity index (χ3n) is 5.88. The zero-order chi connectivity index (χ0) is 27.5. The van der Waals surface area contributed by atoms with E-state index < -0.39 is 23.0 Å². The normalized spacial score (nSPS) is 11.9. The molecule has 3 heterocycles. The lowest BCUT2D eigenvalue weighted by Crippen LogP contribution is -2.27. The van der Waals surface area contributed by atoms with Gasteiger partial charge in [-0.25, -0.2) is 13.8 Å². The van der Waals surface area contributed by atoms with Crippen LogP contribution >= 0.6 is 0 Å². The van der Waals surface area contributed by atoms with Crippen LogP contribution in [0, 0.1) is 11.6 Å². The first-order chi connectivity index (χ1) is 18.8. The predicted octanol–water partition coefficient (Wildman–Crippen LogP) is 3.79. The van der Waals surface area contributed by atoms with Crippen LogP contribution < -0.4 is 15.6 Å². The van der Waals surface area contributed by atoms with Gasteiger partial charge < -0.3 is 15.2 Å². The van der Waals surface area contributed by atoms with Crippen molar-refractivity contribution < 1.29 is 23.4 Å². The number of halogens is 2. The maximum absolute atomic E-state index is 15.0. The van der Waals surface area contributed by atoms with E-state index in [1.807, 2.05) is 0 Å². The van der Waals surface area contributed by atoms with Gasteiger partial charge in [-0.2, -0.15) is 14.9 Å². The summed E-state index contributed by atoms with van der Waals surface area (Å²) >= 11 is 0. The lowest BCUT2D eigenvalue weighted by molar-refractivity contribution is 0.0991. The second-order valence-electron chi connectivity index (χ2n) is 8.74. The van der Waals surface area contributed by atoms with Crippen molar-refractivity contribution in [3.63, 3.8) is 0 Å². The van der Waals surface area contributed by atoms with E-state index >= 15 is 4.39 Å². The largest absolute Gasteiger partial charge is 0.453 e. The van der Waals surface area contributed by atoms with Crippen molar-refractivity contribution in [2.45, 2.75) is 19.4 Å². The van der Waals surface area contributed by atoms with Gasteiger partial charge in [-0.05, 0) is 55.0 Å². The number of benzene rings is 2. The highest BCUT2D eigenvalue weighted by molar-refractivity contribution is 5.97. The van der Waals surface area contributed by atoms with E-state index in [0.717, 1.165) is 10.7 Å². The van der Waals surface area contributed by atoms with Gasteiger partial charge in [0.1, 0.15) is 17.0 Å². The van der Waals surface area contributed by atoms with Crippen molar-refractivity contribution in [2.75, 3.05) is 11.9 Å². The van der Waals surface area contributed by atoms with Crippen molar-refractivity contribution in [1.82, 2.24) is 25.0 Å². The molecule has 12 heteroatoms. The molecule has 5 aromatic rings. The first-order valence-electron chi connectivity index (χ1n) is 11.9. The van der Waals surface area contributed by atoms with Crippen LogP contribution in [0.4, 0.5) is 14.6 Å². The van der Waals surface area contributed by atoms with Crippen LogP contribution in [-0.4, -0.2) is 48.5 Å². The summed E-state index contributed by atoms with van der Waals surface area (Å²) in [5, 5.41) is 23.7. The highest BCUT2D eigenvalue weighted by Crippen LogP contribution is 2.34. The van der Waals surface area contributed by atoms with Gasteiger partial charge in [0, 0.05) is 30.9 Å². The van der Waals surface area contributed by atoms with Crippen LogP contribution in [0.15, 0.2) is 71.8 Å². The second kappa shape index (κ2) is 10.8. The van der Waals surface area contributed by atoms with E-state index in [2.05, 4.69) is 25.6 Å². The lowest BCUT2D eigenvalue weighted by atomic mass is 10.0. The first kappa shape index (κ1) is 25.7. The number of carbonyl (C=O) groups excluding carboxylic acids is 1. The van der Waals surface area contributed by atoms with Gasteiger partial charge in [0.05, 0.1) is 17.9 Å². The van der Waals surface area contributed by atoms with Gasteiger partial charge in [-0.1, -0.05) is 6.07 Å². The van der Waals surface area contributed by atoms with E-state index in [9.17, 15) is 19.1 Å². The molecule has 3 N–H and O–H groups in total. The fourth-order valence-corrected chi connectivity index (χ4v) is 3.92. The van der Waals surface area contributed by atoms with Gasteiger partial charge in [0.25, 0.3) is 5.56 Å². The lowest BCUT2D eigenvalue weighted by Gasteiger charge is -2.12. The van der Waals surface area contributed by atoms with Crippen LogP contribution in [-0.2, 0) is 6.42 Å². The summed E-state index contributed by atoms with van der Waals surface area (Å²) in [5.74, 6) is -1.15. The van der Waals surface area contributed by atoms with Crippen LogP contribution in [0.2, 0.25) is 0 Å². The molecule has 0 aliphatic heterocycles. The summed E-state index contributed by atoms with van der Waals surface area (Å²) in [4.78, 5) is 30.0. The fraction of sp³-hybridized carbons (Fsp3) is 0.148. The topological polar surface area (TPSA) is 135 Å². The number of aliphatic hydroxyl groups excluding tert-OH is 1. The minimum atomic E-state index is -0.717. The number of Topliss-reactive ketones (excluding diaryl/α,β-unsaturated/α-hetero) is 1. The van der Waals surface area contributed by atoms with Gasteiger partial charge in [-0.3, -0.25) is 14.7 Å². The number of fused-ring (bicyclic) bond motifs is 1. The number of rotatable bonds is 9. The van der Waals surface area contributed by atoms with Crippen molar-refractivity contribution in [2.24, 2.45) is 0 Å². The number of aromatic amines is 1. The Morgan fingerprint density at radius 1 is 1.10 bits per heavy atom. The molecule has 2 aromatic carbocycles. The highest BCUT2D eigenvalue weighted by atomic mass is 19.1. The maximum Gasteiger partial charge on any atom is 0.282 e. The molecule has 0 aliphatic rings. The Kier molecular flexibility index (Phi) is 7.10. The minimum absolute atomic E-state index is 0.0939. The molecular weight excluding hydrogens is 510 g/mol. The smallest absolute Gasteiger partial charge is 0.282 e.